The zero-order valence-electron chi connectivity index (χ0n) is 17.0. The number of benzene rings is 2. The molecule has 1 amide bonds. The van der Waals surface area contributed by atoms with E-state index >= 15 is 0 Å². The molecule has 0 saturated carbocycles. The van der Waals surface area contributed by atoms with Gasteiger partial charge in [-0.15, -0.1) is 0 Å². The van der Waals surface area contributed by atoms with Gasteiger partial charge in [-0.05, 0) is 42.3 Å². The molecule has 162 valence electrons. The fourth-order valence-corrected chi connectivity index (χ4v) is 3.71. The lowest BCUT2D eigenvalue weighted by Gasteiger charge is -2.22. The van der Waals surface area contributed by atoms with E-state index in [1.165, 1.54) is 12.1 Å². The van der Waals surface area contributed by atoms with Crippen LogP contribution in [0.2, 0.25) is 0 Å². The number of hydrogen-bond donors (Lipinski definition) is 2. The molecular weight excluding hydrogens is 397 g/mol. The van der Waals surface area contributed by atoms with Crippen molar-refractivity contribution in [3.8, 4) is 11.5 Å². The summed E-state index contributed by atoms with van der Waals surface area (Å²) in [4.78, 5) is 13.0. The van der Waals surface area contributed by atoms with E-state index in [2.05, 4.69) is 10.6 Å². The van der Waals surface area contributed by atoms with Crippen LogP contribution in [0.1, 0.15) is 35.6 Å². The van der Waals surface area contributed by atoms with Crippen LogP contribution >= 0.6 is 0 Å². The Balaban J connectivity index is 1.73. The molecule has 30 heavy (non-hydrogen) atoms. The second-order valence-electron chi connectivity index (χ2n) is 7.37. The largest absolute Gasteiger partial charge is 0.497 e. The predicted octanol–water partition coefficient (Wildman–Crippen LogP) is 3.90. The van der Waals surface area contributed by atoms with Crippen molar-refractivity contribution in [3.63, 3.8) is 0 Å². The Kier molecular flexibility index (Phi) is 6.55. The minimum absolute atomic E-state index is 0.154. The smallest absolute Gasteiger partial charge is 0.416 e. The second-order valence-corrected chi connectivity index (χ2v) is 7.37. The predicted molar refractivity (Wildman–Crippen MR) is 107 cm³/mol. The second kappa shape index (κ2) is 8.95. The van der Waals surface area contributed by atoms with E-state index in [1.54, 1.807) is 20.3 Å². The molecule has 0 spiro atoms. The Labute approximate surface area is 173 Å². The monoisotopic (exact) mass is 422 g/mol. The summed E-state index contributed by atoms with van der Waals surface area (Å²) >= 11 is 0. The highest BCUT2D eigenvalue weighted by Gasteiger charge is 2.36. The summed E-state index contributed by atoms with van der Waals surface area (Å²) in [6, 6.07) is 10.1. The number of ether oxygens (including phenoxy) is 2. The van der Waals surface area contributed by atoms with Crippen LogP contribution in [0.3, 0.4) is 0 Å². The lowest BCUT2D eigenvalue weighted by Crippen LogP contribution is -2.36. The van der Waals surface area contributed by atoms with Crippen molar-refractivity contribution in [2.75, 3.05) is 27.3 Å². The van der Waals surface area contributed by atoms with Crippen LogP contribution in [-0.4, -0.2) is 33.2 Å². The van der Waals surface area contributed by atoms with Gasteiger partial charge in [-0.2, -0.15) is 13.2 Å². The van der Waals surface area contributed by atoms with Crippen molar-refractivity contribution < 1.29 is 27.4 Å². The molecule has 0 aliphatic carbocycles. The van der Waals surface area contributed by atoms with Gasteiger partial charge in [0.15, 0.2) is 0 Å². The van der Waals surface area contributed by atoms with Crippen LogP contribution in [0, 0.1) is 5.92 Å². The van der Waals surface area contributed by atoms with Gasteiger partial charge in [-0.25, -0.2) is 0 Å². The summed E-state index contributed by atoms with van der Waals surface area (Å²) in [7, 11) is 3.11. The number of nitrogens with one attached hydrogen (secondary N) is 2. The SMILES string of the molecule is COc1cc(OC)cc([C@H](C)NC(=O)[C@@H]2CNC[C@H]2c2ccc(C(F)(F)F)cc2)c1. The molecule has 3 rings (SSSR count). The number of methoxy groups -OCH3 is 2. The number of halogens is 3. The van der Waals surface area contributed by atoms with Gasteiger partial charge in [-0.3, -0.25) is 4.79 Å². The first-order valence-corrected chi connectivity index (χ1v) is 9.64. The fraction of sp³-hybridized carbons (Fsp3) is 0.409. The summed E-state index contributed by atoms with van der Waals surface area (Å²) in [5, 5.41) is 6.18. The summed E-state index contributed by atoms with van der Waals surface area (Å²) in [6.07, 6.45) is -4.38. The molecule has 2 aromatic carbocycles. The van der Waals surface area contributed by atoms with Crippen molar-refractivity contribution in [2.24, 2.45) is 5.92 Å². The number of rotatable bonds is 6. The molecule has 0 radical (unpaired) electrons. The van der Waals surface area contributed by atoms with Crippen molar-refractivity contribution >= 4 is 5.91 Å². The number of hydrogen-bond acceptors (Lipinski definition) is 4. The van der Waals surface area contributed by atoms with E-state index in [1.807, 2.05) is 19.1 Å². The van der Waals surface area contributed by atoms with Crippen molar-refractivity contribution in [3.05, 3.63) is 59.2 Å². The Hall–Kier alpha value is -2.74. The topological polar surface area (TPSA) is 59.6 Å². The molecule has 1 aliphatic rings. The summed E-state index contributed by atoms with van der Waals surface area (Å²) in [6.45, 7) is 2.86. The average Bonchev–Trinajstić information content (AvgIpc) is 3.22. The highest BCUT2D eigenvalue weighted by molar-refractivity contribution is 5.81. The van der Waals surface area contributed by atoms with Gasteiger partial charge in [0.25, 0.3) is 0 Å². The first kappa shape index (κ1) is 22.0. The Morgan fingerprint density at radius 3 is 2.20 bits per heavy atom. The average molecular weight is 422 g/mol. The van der Waals surface area contributed by atoms with Gasteiger partial charge in [-0.1, -0.05) is 12.1 Å². The van der Waals surface area contributed by atoms with E-state index in [4.69, 9.17) is 9.47 Å². The van der Waals surface area contributed by atoms with Crippen molar-refractivity contribution in [1.29, 1.82) is 0 Å². The van der Waals surface area contributed by atoms with Gasteiger partial charge in [0, 0.05) is 25.1 Å². The molecule has 2 aromatic rings. The Bertz CT molecular complexity index is 862. The minimum atomic E-state index is -4.38. The highest BCUT2D eigenvalue weighted by Crippen LogP contribution is 2.33. The van der Waals surface area contributed by atoms with Crippen LogP contribution in [0.25, 0.3) is 0 Å². The van der Waals surface area contributed by atoms with Gasteiger partial charge in [0.2, 0.25) is 5.91 Å². The number of amides is 1. The van der Waals surface area contributed by atoms with E-state index in [0.717, 1.165) is 17.7 Å². The maximum Gasteiger partial charge on any atom is 0.416 e. The van der Waals surface area contributed by atoms with E-state index in [-0.39, 0.29) is 23.8 Å². The third-order valence-electron chi connectivity index (χ3n) is 5.45. The lowest BCUT2D eigenvalue weighted by atomic mass is 9.87. The third-order valence-corrected chi connectivity index (χ3v) is 5.45. The molecule has 2 N–H and O–H groups in total. The van der Waals surface area contributed by atoms with Crippen LogP contribution in [0.5, 0.6) is 11.5 Å². The summed E-state index contributed by atoms with van der Waals surface area (Å²) < 4.78 is 49.0. The van der Waals surface area contributed by atoms with Gasteiger partial charge in [0.1, 0.15) is 11.5 Å². The molecular formula is C22H25F3N2O3. The molecule has 1 saturated heterocycles. The lowest BCUT2D eigenvalue weighted by molar-refractivity contribution is -0.137. The molecule has 1 heterocycles. The van der Waals surface area contributed by atoms with E-state index in [0.29, 0.717) is 30.2 Å². The standard InChI is InChI=1S/C22H25F3N2O3/c1-13(15-8-17(29-2)10-18(9-15)30-3)27-21(28)20-12-26-11-19(20)14-4-6-16(7-5-14)22(23,24)25/h4-10,13,19-20,26H,11-12H2,1-3H3,(H,27,28)/t13-,19-,20+/m0/s1. The number of alkyl halides is 3. The normalized spacial score (nSPS) is 19.9. The zero-order valence-corrected chi connectivity index (χ0v) is 17.0. The zero-order chi connectivity index (χ0) is 21.9. The van der Waals surface area contributed by atoms with E-state index < -0.39 is 11.7 Å². The Morgan fingerprint density at radius 1 is 1.07 bits per heavy atom. The molecule has 1 aliphatic heterocycles. The molecule has 3 atom stereocenters. The summed E-state index contributed by atoms with van der Waals surface area (Å²) in [5.41, 5.74) is 0.847. The van der Waals surface area contributed by atoms with E-state index in [9.17, 15) is 18.0 Å². The molecule has 0 bridgehead atoms. The number of carbonyl (C=O) groups excluding carboxylic acids is 1. The molecule has 0 aromatic heterocycles. The molecule has 1 fully saturated rings. The first-order valence-electron chi connectivity index (χ1n) is 9.64. The van der Waals surface area contributed by atoms with Crippen molar-refractivity contribution in [1.82, 2.24) is 10.6 Å². The third kappa shape index (κ3) is 4.87. The quantitative estimate of drug-likeness (QED) is 0.741. The van der Waals surface area contributed by atoms with Crippen LogP contribution in [0.4, 0.5) is 13.2 Å². The van der Waals surface area contributed by atoms with Gasteiger partial charge < -0.3 is 20.1 Å². The maximum absolute atomic E-state index is 13.0. The maximum atomic E-state index is 13.0. The Morgan fingerprint density at radius 2 is 1.67 bits per heavy atom. The molecule has 5 nitrogen and oxygen atoms in total. The van der Waals surface area contributed by atoms with Crippen LogP contribution in [-0.2, 0) is 11.0 Å². The highest BCUT2D eigenvalue weighted by atomic mass is 19.4. The van der Waals surface area contributed by atoms with Crippen LogP contribution < -0.4 is 20.1 Å². The van der Waals surface area contributed by atoms with Gasteiger partial charge >= 0.3 is 6.18 Å². The number of carbonyl (C=O) groups is 1. The first-order chi connectivity index (χ1) is 14.2. The minimum Gasteiger partial charge on any atom is -0.497 e. The van der Waals surface area contributed by atoms with Gasteiger partial charge in [0.05, 0.1) is 31.7 Å². The molecule has 8 heteroatoms. The van der Waals surface area contributed by atoms with Crippen LogP contribution in [0.15, 0.2) is 42.5 Å². The van der Waals surface area contributed by atoms with Crippen molar-refractivity contribution in [2.45, 2.75) is 25.1 Å². The molecule has 0 unspecified atom stereocenters. The summed E-state index contributed by atoms with van der Waals surface area (Å²) in [5.74, 6) is 0.515. The fourth-order valence-electron chi connectivity index (χ4n) is 3.71.